The monoisotopic (exact) mass is 487 g/mol. The van der Waals surface area contributed by atoms with Gasteiger partial charge in [0.15, 0.2) is 11.5 Å². The Bertz CT molecular complexity index is 1450. The lowest BCUT2D eigenvalue weighted by molar-refractivity contribution is -0.117. The Balaban J connectivity index is 1.61. The molecular weight excluding hydrogens is 466 g/mol. The molecule has 1 unspecified atom stereocenters. The highest BCUT2D eigenvalue weighted by molar-refractivity contribution is 6.31. The van der Waals surface area contributed by atoms with E-state index >= 15 is 0 Å². The standard InChI is InChI=1S/C28H22ClNO5/c1-16(2)34-21-11-8-17(9-12-21)25-24(27(32)28(33)30(25)20-6-4-3-5-7-20)26(31)23-15-18-14-19(29)10-13-22(18)35-23/h3-16,25,32H,1-2H3. The van der Waals surface area contributed by atoms with E-state index in [1.54, 1.807) is 72.8 Å². The van der Waals surface area contributed by atoms with Crippen molar-refractivity contribution in [3.63, 3.8) is 0 Å². The van der Waals surface area contributed by atoms with Gasteiger partial charge < -0.3 is 14.3 Å². The summed E-state index contributed by atoms with van der Waals surface area (Å²) in [4.78, 5) is 28.4. The second-order valence-electron chi connectivity index (χ2n) is 8.53. The Hall–Kier alpha value is -4.03. The molecule has 6 nitrogen and oxygen atoms in total. The van der Waals surface area contributed by atoms with Crippen LogP contribution in [0.2, 0.25) is 5.02 Å². The number of hydrogen-bond acceptors (Lipinski definition) is 5. The van der Waals surface area contributed by atoms with Crippen molar-refractivity contribution in [2.75, 3.05) is 4.90 Å². The molecule has 2 heterocycles. The van der Waals surface area contributed by atoms with E-state index in [2.05, 4.69) is 0 Å². The number of benzene rings is 3. The van der Waals surface area contributed by atoms with Crippen molar-refractivity contribution in [3.8, 4) is 5.75 Å². The fourth-order valence-electron chi connectivity index (χ4n) is 4.27. The number of ether oxygens (including phenoxy) is 1. The summed E-state index contributed by atoms with van der Waals surface area (Å²) in [6.07, 6.45) is -0.00241. The number of halogens is 1. The van der Waals surface area contributed by atoms with Gasteiger partial charge in [0.2, 0.25) is 5.78 Å². The Labute approximate surface area is 207 Å². The van der Waals surface area contributed by atoms with Crippen LogP contribution in [-0.4, -0.2) is 22.9 Å². The molecule has 0 saturated heterocycles. The largest absolute Gasteiger partial charge is 0.503 e. The summed E-state index contributed by atoms with van der Waals surface area (Å²) in [5, 5.41) is 12.1. The molecule has 0 bridgehead atoms. The predicted molar refractivity (Wildman–Crippen MR) is 134 cm³/mol. The predicted octanol–water partition coefficient (Wildman–Crippen LogP) is 6.66. The van der Waals surface area contributed by atoms with Crippen molar-refractivity contribution in [3.05, 3.63) is 107 Å². The fourth-order valence-corrected chi connectivity index (χ4v) is 4.45. The summed E-state index contributed by atoms with van der Waals surface area (Å²) in [6.45, 7) is 3.86. The van der Waals surface area contributed by atoms with E-state index in [0.717, 1.165) is 0 Å². The van der Waals surface area contributed by atoms with Gasteiger partial charge in [-0.05, 0) is 67.9 Å². The van der Waals surface area contributed by atoms with Crippen LogP contribution in [-0.2, 0) is 4.79 Å². The van der Waals surface area contributed by atoms with Crippen LogP contribution in [0.4, 0.5) is 5.69 Å². The Morgan fingerprint density at radius 2 is 1.74 bits per heavy atom. The van der Waals surface area contributed by atoms with Gasteiger partial charge in [0, 0.05) is 16.1 Å². The number of aliphatic hydroxyl groups excluding tert-OH is 1. The molecule has 1 aromatic heterocycles. The van der Waals surface area contributed by atoms with E-state index in [4.69, 9.17) is 20.8 Å². The SMILES string of the molecule is CC(C)Oc1ccc(C2C(C(=O)c3cc4cc(Cl)ccc4o3)=C(O)C(=O)N2c2ccccc2)cc1. The number of fused-ring (bicyclic) bond motifs is 1. The summed E-state index contributed by atoms with van der Waals surface area (Å²) in [5.74, 6) is -1.17. The van der Waals surface area contributed by atoms with E-state index in [1.807, 2.05) is 19.9 Å². The van der Waals surface area contributed by atoms with Gasteiger partial charge in [0.25, 0.3) is 5.91 Å². The maximum atomic E-state index is 13.7. The van der Waals surface area contributed by atoms with Gasteiger partial charge in [-0.2, -0.15) is 0 Å². The highest BCUT2D eigenvalue weighted by Crippen LogP contribution is 2.42. The number of anilines is 1. The highest BCUT2D eigenvalue weighted by atomic mass is 35.5. The number of furan rings is 1. The molecule has 0 radical (unpaired) electrons. The average molecular weight is 488 g/mol. The van der Waals surface area contributed by atoms with Gasteiger partial charge in [0.05, 0.1) is 17.7 Å². The summed E-state index contributed by atoms with van der Waals surface area (Å²) < 4.78 is 11.5. The van der Waals surface area contributed by atoms with Gasteiger partial charge in [-0.3, -0.25) is 14.5 Å². The molecule has 5 rings (SSSR count). The quantitative estimate of drug-likeness (QED) is 0.308. The average Bonchev–Trinajstić information content (AvgIpc) is 3.38. The van der Waals surface area contributed by atoms with E-state index in [-0.39, 0.29) is 17.4 Å². The van der Waals surface area contributed by atoms with Gasteiger partial charge in [0.1, 0.15) is 11.3 Å². The third-order valence-corrected chi connectivity index (χ3v) is 5.99. The number of carbonyl (C=O) groups is 2. The maximum absolute atomic E-state index is 13.7. The Morgan fingerprint density at radius 3 is 2.43 bits per heavy atom. The lowest BCUT2D eigenvalue weighted by Gasteiger charge is -2.27. The summed E-state index contributed by atoms with van der Waals surface area (Å²) in [7, 11) is 0. The first-order valence-electron chi connectivity index (χ1n) is 11.2. The van der Waals surface area contributed by atoms with Crippen LogP contribution in [0.1, 0.15) is 36.0 Å². The molecule has 1 aliphatic rings. The van der Waals surface area contributed by atoms with Crippen LogP contribution in [0.25, 0.3) is 11.0 Å². The van der Waals surface area contributed by atoms with Crippen molar-refractivity contribution < 1.29 is 23.8 Å². The van der Waals surface area contributed by atoms with Gasteiger partial charge in [-0.15, -0.1) is 0 Å². The Morgan fingerprint density at radius 1 is 1.03 bits per heavy atom. The zero-order valence-electron chi connectivity index (χ0n) is 19.1. The van der Waals surface area contributed by atoms with Crippen molar-refractivity contribution in [1.82, 2.24) is 0 Å². The number of hydrogen-bond donors (Lipinski definition) is 1. The normalized spacial score (nSPS) is 15.9. The zero-order chi connectivity index (χ0) is 24.7. The lowest BCUT2D eigenvalue weighted by atomic mass is 9.94. The number of amides is 1. The van der Waals surface area contributed by atoms with Crippen molar-refractivity contribution in [2.24, 2.45) is 0 Å². The topological polar surface area (TPSA) is 80.0 Å². The molecule has 4 aromatic rings. The summed E-state index contributed by atoms with van der Waals surface area (Å²) in [6, 6.07) is 21.8. The first-order valence-corrected chi connectivity index (χ1v) is 11.5. The first kappa shape index (κ1) is 22.7. The van der Waals surface area contributed by atoms with Gasteiger partial charge in [-0.25, -0.2) is 0 Å². The minimum atomic E-state index is -0.859. The van der Waals surface area contributed by atoms with Gasteiger partial charge in [-0.1, -0.05) is 41.9 Å². The third-order valence-electron chi connectivity index (χ3n) is 5.76. The molecule has 1 atom stereocenters. The Kier molecular flexibility index (Phi) is 5.83. The van der Waals surface area contributed by atoms with Crippen LogP contribution in [0, 0.1) is 0 Å². The molecule has 1 aliphatic heterocycles. The number of aliphatic hydroxyl groups is 1. The van der Waals surface area contributed by atoms with E-state index < -0.39 is 23.5 Å². The van der Waals surface area contributed by atoms with Crippen molar-refractivity contribution >= 4 is 39.9 Å². The number of ketones is 1. The number of Topliss-reactive ketones (excluding diaryl/α,β-unsaturated/α-hetero) is 1. The van der Waals surface area contributed by atoms with Crippen LogP contribution in [0.3, 0.4) is 0 Å². The van der Waals surface area contributed by atoms with Crippen LogP contribution in [0.15, 0.2) is 94.6 Å². The number of nitrogens with zero attached hydrogens (tertiary/aromatic N) is 1. The van der Waals surface area contributed by atoms with E-state index in [0.29, 0.717) is 33.0 Å². The molecule has 7 heteroatoms. The van der Waals surface area contributed by atoms with Crippen molar-refractivity contribution in [2.45, 2.75) is 26.0 Å². The molecule has 0 fully saturated rings. The van der Waals surface area contributed by atoms with Crippen molar-refractivity contribution in [1.29, 1.82) is 0 Å². The molecule has 3 aromatic carbocycles. The smallest absolute Gasteiger partial charge is 0.294 e. The van der Waals surface area contributed by atoms with Gasteiger partial charge >= 0.3 is 0 Å². The molecule has 35 heavy (non-hydrogen) atoms. The number of rotatable bonds is 6. The molecule has 0 aliphatic carbocycles. The van der Waals surface area contributed by atoms with Crippen LogP contribution >= 0.6 is 11.6 Å². The first-order chi connectivity index (χ1) is 16.8. The molecule has 0 spiro atoms. The molecule has 176 valence electrons. The lowest BCUT2D eigenvalue weighted by Crippen LogP contribution is -2.31. The van der Waals surface area contributed by atoms with Crippen LogP contribution in [0.5, 0.6) is 5.75 Å². The van der Waals surface area contributed by atoms with Crippen LogP contribution < -0.4 is 9.64 Å². The molecule has 1 N–H and O–H groups in total. The van der Waals surface area contributed by atoms with E-state index in [1.165, 1.54) is 4.90 Å². The fraction of sp³-hybridized carbons (Fsp3) is 0.143. The number of para-hydroxylation sites is 1. The van der Waals surface area contributed by atoms with E-state index in [9.17, 15) is 14.7 Å². The second kappa shape index (κ2) is 8.96. The third kappa shape index (κ3) is 4.17. The summed E-state index contributed by atoms with van der Waals surface area (Å²) >= 11 is 6.07. The summed E-state index contributed by atoms with van der Waals surface area (Å²) in [5.41, 5.74) is 1.62. The minimum Gasteiger partial charge on any atom is -0.503 e. The molecule has 1 amide bonds. The molecule has 0 saturated carbocycles. The minimum absolute atomic E-state index is 0.00241. The number of carbonyl (C=O) groups excluding carboxylic acids is 2. The second-order valence-corrected chi connectivity index (χ2v) is 8.97. The maximum Gasteiger partial charge on any atom is 0.294 e. The zero-order valence-corrected chi connectivity index (χ0v) is 19.8. The highest BCUT2D eigenvalue weighted by Gasteiger charge is 2.45. The molecular formula is C28H22ClNO5.